The van der Waals surface area contributed by atoms with Crippen LogP contribution in [0.1, 0.15) is 41.3 Å². The number of alkyl halides is 1. The molecule has 0 saturated carbocycles. The van der Waals surface area contributed by atoms with Crippen LogP contribution in [0.25, 0.3) is 0 Å². The molecule has 2 heteroatoms. The van der Waals surface area contributed by atoms with Crippen LogP contribution in [-0.4, -0.2) is 6.61 Å². The van der Waals surface area contributed by atoms with Crippen molar-refractivity contribution < 1.29 is 4.74 Å². The smallest absolute Gasteiger partial charge is 0.122 e. The van der Waals surface area contributed by atoms with Gasteiger partial charge in [0, 0.05) is 16.3 Å². The largest absolute Gasteiger partial charge is 0.493 e. The molecule has 0 spiro atoms. The van der Waals surface area contributed by atoms with Crippen molar-refractivity contribution in [3.05, 3.63) is 65.2 Å². The number of halogens is 1. The van der Waals surface area contributed by atoms with E-state index in [0.29, 0.717) is 16.7 Å². The van der Waals surface area contributed by atoms with Gasteiger partial charge in [-0.15, -0.1) is 0 Å². The highest BCUT2D eigenvalue weighted by atomic mass is 79.9. The third-order valence-corrected chi connectivity index (χ3v) is 5.20. The fraction of sp³-hybridized carbons (Fsp3) is 0.368. The number of ether oxygens (including phenoxy) is 1. The Morgan fingerprint density at radius 1 is 1.10 bits per heavy atom. The zero-order chi connectivity index (χ0) is 14.8. The maximum absolute atomic E-state index is 5.80. The van der Waals surface area contributed by atoms with Gasteiger partial charge in [0.05, 0.1) is 6.61 Å². The number of rotatable bonds is 4. The maximum atomic E-state index is 5.80. The van der Waals surface area contributed by atoms with E-state index in [1.807, 2.05) is 6.07 Å². The third-order valence-electron chi connectivity index (χ3n) is 4.03. The van der Waals surface area contributed by atoms with Crippen LogP contribution in [0, 0.1) is 5.92 Å². The zero-order valence-electron chi connectivity index (χ0n) is 12.6. The molecule has 2 aromatic rings. The summed E-state index contributed by atoms with van der Waals surface area (Å²) in [6.07, 6.45) is 1.14. The lowest BCUT2D eigenvalue weighted by molar-refractivity contribution is 0.329. The first-order valence-electron chi connectivity index (χ1n) is 7.60. The number of hydrogen-bond donors (Lipinski definition) is 0. The van der Waals surface area contributed by atoms with E-state index in [1.54, 1.807) is 0 Å². The Labute approximate surface area is 135 Å². The minimum absolute atomic E-state index is 0.300. The van der Waals surface area contributed by atoms with E-state index in [9.17, 15) is 0 Å². The summed E-state index contributed by atoms with van der Waals surface area (Å²) in [5.74, 6) is 2.12. The van der Waals surface area contributed by atoms with E-state index in [1.165, 1.54) is 16.7 Å². The Balaban J connectivity index is 1.78. The van der Waals surface area contributed by atoms with Gasteiger partial charge in [0.1, 0.15) is 5.75 Å². The lowest BCUT2D eigenvalue weighted by Crippen LogP contribution is -2.07. The van der Waals surface area contributed by atoms with Gasteiger partial charge in [-0.05, 0) is 29.5 Å². The third kappa shape index (κ3) is 3.16. The second-order valence-electron chi connectivity index (χ2n) is 6.20. The van der Waals surface area contributed by atoms with Crippen molar-refractivity contribution in [3.63, 3.8) is 0 Å². The molecule has 0 fully saturated rings. The summed E-state index contributed by atoms with van der Waals surface area (Å²) in [5, 5.41) is 0. The fourth-order valence-corrected chi connectivity index (χ4v) is 3.71. The van der Waals surface area contributed by atoms with Gasteiger partial charge < -0.3 is 4.74 Å². The molecule has 0 aliphatic carbocycles. The second kappa shape index (κ2) is 6.23. The topological polar surface area (TPSA) is 9.23 Å². The molecule has 0 N–H and O–H groups in total. The van der Waals surface area contributed by atoms with Crippen molar-refractivity contribution in [2.75, 3.05) is 6.61 Å². The molecule has 0 bridgehead atoms. The Morgan fingerprint density at radius 3 is 2.52 bits per heavy atom. The van der Waals surface area contributed by atoms with Crippen LogP contribution in [0.4, 0.5) is 0 Å². The average molecular weight is 345 g/mol. The Bertz CT molecular complexity index is 603. The van der Waals surface area contributed by atoms with Crippen molar-refractivity contribution in [1.82, 2.24) is 0 Å². The van der Waals surface area contributed by atoms with Gasteiger partial charge >= 0.3 is 0 Å². The number of para-hydroxylation sites is 1. The predicted octanol–water partition coefficient (Wildman–Crippen LogP) is 5.50. The minimum atomic E-state index is 0.300. The highest BCUT2D eigenvalue weighted by Gasteiger charge is 2.30. The molecule has 1 aliphatic rings. The monoisotopic (exact) mass is 344 g/mol. The van der Waals surface area contributed by atoms with Crippen LogP contribution >= 0.6 is 15.9 Å². The number of fused-ring (bicyclic) bond motifs is 1. The highest BCUT2D eigenvalue weighted by Crippen LogP contribution is 2.45. The molecule has 1 aliphatic heterocycles. The first kappa shape index (κ1) is 14.6. The van der Waals surface area contributed by atoms with Gasteiger partial charge in [0.25, 0.3) is 0 Å². The predicted molar refractivity (Wildman–Crippen MR) is 91.3 cm³/mol. The SMILES string of the molecule is CC(C)Cc1ccc(C(Br)C2COc3ccccc32)cc1. The minimum Gasteiger partial charge on any atom is -0.493 e. The molecule has 0 aromatic heterocycles. The summed E-state index contributed by atoms with van der Waals surface area (Å²) in [5.41, 5.74) is 4.05. The summed E-state index contributed by atoms with van der Waals surface area (Å²) in [6, 6.07) is 17.4. The molecule has 0 radical (unpaired) electrons. The Kier molecular flexibility index (Phi) is 4.34. The van der Waals surface area contributed by atoms with Crippen molar-refractivity contribution in [2.24, 2.45) is 5.92 Å². The molecule has 1 nitrogen and oxygen atoms in total. The molecule has 110 valence electrons. The average Bonchev–Trinajstić information content (AvgIpc) is 2.90. The van der Waals surface area contributed by atoms with Crippen LogP contribution in [0.3, 0.4) is 0 Å². The quantitative estimate of drug-likeness (QED) is 0.665. The fourth-order valence-electron chi connectivity index (χ4n) is 2.97. The van der Waals surface area contributed by atoms with Gasteiger partial charge in [-0.25, -0.2) is 0 Å². The lowest BCUT2D eigenvalue weighted by Gasteiger charge is -2.17. The lowest BCUT2D eigenvalue weighted by atomic mass is 9.92. The first-order valence-corrected chi connectivity index (χ1v) is 8.51. The highest BCUT2D eigenvalue weighted by molar-refractivity contribution is 9.09. The summed E-state index contributed by atoms with van der Waals surface area (Å²) < 4.78 is 5.80. The van der Waals surface area contributed by atoms with E-state index >= 15 is 0 Å². The van der Waals surface area contributed by atoms with Gasteiger partial charge in [-0.1, -0.05) is 72.2 Å². The molecule has 2 unspecified atom stereocenters. The molecule has 0 amide bonds. The standard InChI is InChI=1S/C19H21BrO/c1-13(2)11-14-7-9-15(10-8-14)19(20)17-12-21-18-6-4-3-5-16(17)18/h3-10,13,17,19H,11-12H2,1-2H3. The maximum Gasteiger partial charge on any atom is 0.122 e. The summed E-state index contributed by atoms with van der Waals surface area (Å²) >= 11 is 3.88. The molecule has 3 rings (SSSR count). The molecule has 0 saturated heterocycles. The van der Waals surface area contributed by atoms with Crippen LogP contribution < -0.4 is 4.74 Å². The van der Waals surface area contributed by atoms with Crippen LogP contribution in [0.5, 0.6) is 5.75 Å². The van der Waals surface area contributed by atoms with Crippen LogP contribution in [0.2, 0.25) is 0 Å². The molecular formula is C19H21BrO. The molecule has 2 aromatic carbocycles. The van der Waals surface area contributed by atoms with E-state index in [4.69, 9.17) is 4.74 Å². The molecule has 1 heterocycles. The molecule has 21 heavy (non-hydrogen) atoms. The van der Waals surface area contributed by atoms with Gasteiger partial charge in [-0.2, -0.15) is 0 Å². The van der Waals surface area contributed by atoms with Crippen molar-refractivity contribution in [1.29, 1.82) is 0 Å². The van der Waals surface area contributed by atoms with Crippen molar-refractivity contribution in [3.8, 4) is 5.75 Å². The Morgan fingerprint density at radius 2 is 1.81 bits per heavy atom. The van der Waals surface area contributed by atoms with Gasteiger partial charge in [-0.3, -0.25) is 0 Å². The van der Waals surface area contributed by atoms with E-state index in [0.717, 1.165) is 18.8 Å². The van der Waals surface area contributed by atoms with Crippen molar-refractivity contribution in [2.45, 2.75) is 31.0 Å². The van der Waals surface area contributed by atoms with Crippen molar-refractivity contribution >= 4 is 15.9 Å². The number of benzene rings is 2. The van der Waals surface area contributed by atoms with Crippen LogP contribution in [-0.2, 0) is 6.42 Å². The normalized spacial score (nSPS) is 18.4. The molecular weight excluding hydrogens is 324 g/mol. The van der Waals surface area contributed by atoms with Gasteiger partial charge in [0.15, 0.2) is 0 Å². The van der Waals surface area contributed by atoms with Gasteiger partial charge in [0.2, 0.25) is 0 Å². The summed E-state index contributed by atoms with van der Waals surface area (Å²) in [6.45, 7) is 5.27. The second-order valence-corrected chi connectivity index (χ2v) is 7.18. The van der Waals surface area contributed by atoms with E-state index < -0.39 is 0 Å². The Hall–Kier alpha value is -1.28. The van der Waals surface area contributed by atoms with E-state index in [2.05, 4.69) is 72.2 Å². The zero-order valence-corrected chi connectivity index (χ0v) is 14.1. The first-order chi connectivity index (χ1) is 10.1. The summed E-state index contributed by atoms with van der Waals surface area (Å²) in [4.78, 5) is 0.300. The number of hydrogen-bond acceptors (Lipinski definition) is 1. The van der Waals surface area contributed by atoms with E-state index in [-0.39, 0.29) is 0 Å². The van der Waals surface area contributed by atoms with Crippen LogP contribution in [0.15, 0.2) is 48.5 Å². The summed E-state index contributed by atoms with van der Waals surface area (Å²) in [7, 11) is 0. The molecule has 2 atom stereocenters.